The molecule has 3 aromatic heterocycles. The van der Waals surface area contributed by atoms with Crippen LogP contribution in [0, 0.1) is 20.8 Å². The number of benzene rings is 2. The first kappa shape index (κ1) is 21.3. The number of amides is 1. The third kappa shape index (κ3) is 4.11. The lowest BCUT2D eigenvalue weighted by molar-refractivity contribution is 0.0948. The molecule has 0 fully saturated rings. The molecule has 0 radical (unpaired) electrons. The molecule has 0 spiro atoms. The van der Waals surface area contributed by atoms with Crippen molar-refractivity contribution in [1.29, 1.82) is 0 Å². The maximum absolute atomic E-state index is 12.9. The first-order chi connectivity index (χ1) is 16.5. The lowest BCUT2D eigenvalue weighted by Gasteiger charge is -2.02. The predicted molar refractivity (Wildman–Crippen MR) is 133 cm³/mol. The van der Waals surface area contributed by atoms with E-state index in [0.29, 0.717) is 11.4 Å². The van der Waals surface area contributed by atoms with Crippen LogP contribution in [0.1, 0.15) is 32.9 Å². The predicted octanol–water partition coefficient (Wildman–Crippen LogP) is 4.88. The van der Waals surface area contributed by atoms with Crippen LogP contribution in [-0.4, -0.2) is 31.3 Å². The van der Waals surface area contributed by atoms with Gasteiger partial charge in [-0.1, -0.05) is 48.0 Å². The van der Waals surface area contributed by atoms with Crippen LogP contribution >= 0.6 is 0 Å². The van der Waals surface area contributed by atoms with Gasteiger partial charge in [-0.15, -0.1) is 0 Å². The molecule has 7 heteroatoms. The van der Waals surface area contributed by atoms with Crippen LogP contribution in [0.3, 0.4) is 0 Å². The third-order valence-electron chi connectivity index (χ3n) is 5.63. The molecule has 0 atom stereocenters. The second kappa shape index (κ2) is 8.78. The Morgan fingerprint density at radius 3 is 2.50 bits per heavy atom. The molecule has 7 nitrogen and oxygen atoms in total. The van der Waals surface area contributed by atoms with Crippen LogP contribution < -0.4 is 5.43 Å². The average molecular weight is 449 g/mol. The molecule has 0 bridgehead atoms. The number of carbonyl (C=O) groups excluding carboxylic acids is 1. The van der Waals surface area contributed by atoms with Crippen molar-refractivity contribution in [3.8, 4) is 16.9 Å². The van der Waals surface area contributed by atoms with Crippen LogP contribution in [-0.2, 0) is 0 Å². The summed E-state index contributed by atoms with van der Waals surface area (Å²) in [5.74, 6) is -0.322. The molecule has 5 aromatic rings. The molecular formula is C27H24N6O. The average Bonchev–Trinajstić information content (AvgIpc) is 3.40. The SMILES string of the molecule is Cc1ccc(-c2nn(-c3ccccc3)cc2C=NNC(=O)c2c(C)nc3cc(C)ccn23)cc1. The van der Waals surface area contributed by atoms with Crippen molar-refractivity contribution in [2.24, 2.45) is 5.10 Å². The van der Waals surface area contributed by atoms with E-state index in [-0.39, 0.29) is 5.91 Å². The second-order valence-electron chi connectivity index (χ2n) is 8.26. The van der Waals surface area contributed by atoms with Gasteiger partial charge in [0.1, 0.15) is 17.0 Å². The minimum Gasteiger partial charge on any atom is -0.295 e. The number of hydrogen-bond donors (Lipinski definition) is 1. The van der Waals surface area contributed by atoms with Crippen molar-refractivity contribution in [2.75, 3.05) is 0 Å². The highest BCUT2D eigenvalue weighted by atomic mass is 16.2. The molecule has 0 saturated heterocycles. The monoisotopic (exact) mass is 448 g/mol. The number of rotatable bonds is 5. The van der Waals surface area contributed by atoms with Crippen molar-refractivity contribution >= 4 is 17.8 Å². The molecule has 5 rings (SSSR count). The standard InChI is InChI=1S/C27H24N6O/c1-18-9-11-21(12-10-18)25-22(17-33(31-25)23-7-5-4-6-8-23)16-28-30-27(34)26-20(3)29-24-15-19(2)13-14-32(24)26/h4-17H,1-3H3,(H,30,34). The van der Waals surface area contributed by atoms with Gasteiger partial charge in [0.2, 0.25) is 0 Å². The zero-order chi connectivity index (χ0) is 23.7. The van der Waals surface area contributed by atoms with Gasteiger partial charge in [-0.3, -0.25) is 9.20 Å². The maximum atomic E-state index is 12.9. The van der Waals surface area contributed by atoms with Crippen LogP contribution in [0.25, 0.3) is 22.6 Å². The highest BCUT2D eigenvalue weighted by Crippen LogP contribution is 2.23. The number of hydrogen-bond acceptors (Lipinski definition) is 4. The van der Waals surface area contributed by atoms with E-state index in [9.17, 15) is 4.79 Å². The molecule has 3 heterocycles. The first-order valence-corrected chi connectivity index (χ1v) is 11.0. The topological polar surface area (TPSA) is 76.6 Å². The number of nitrogens with zero attached hydrogens (tertiary/aromatic N) is 5. The summed E-state index contributed by atoms with van der Waals surface area (Å²) in [5.41, 5.74) is 10.2. The summed E-state index contributed by atoms with van der Waals surface area (Å²) in [6, 6.07) is 21.9. The minimum absolute atomic E-state index is 0.322. The van der Waals surface area contributed by atoms with E-state index in [1.54, 1.807) is 10.6 Å². The number of fused-ring (bicyclic) bond motifs is 1. The van der Waals surface area contributed by atoms with Gasteiger partial charge < -0.3 is 0 Å². The first-order valence-electron chi connectivity index (χ1n) is 11.0. The van der Waals surface area contributed by atoms with Crippen molar-refractivity contribution in [1.82, 2.24) is 24.6 Å². The fourth-order valence-electron chi connectivity index (χ4n) is 3.88. The Labute approximate surface area is 197 Å². The van der Waals surface area contributed by atoms with E-state index < -0.39 is 0 Å². The molecule has 2 aromatic carbocycles. The van der Waals surface area contributed by atoms with E-state index in [4.69, 9.17) is 5.10 Å². The highest BCUT2D eigenvalue weighted by molar-refractivity contribution is 5.96. The number of hydrazone groups is 1. The molecule has 0 aliphatic carbocycles. The smallest absolute Gasteiger partial charge is 0.290 e. The lowest BCUT2D eigenvalue weighted by atomic mass is 10.1. The van der Waals surface area contributed by atoms with Crippen LogP contribution in [0.15, 0.2) is 84.2 Å². The Kier molecular flexibility index (Phi) is 5.51. The summed E-state index contributed by atoms with van der Waals surface area (Å²) in [6.45, 7) is 5.86. The molecule has 0 aliphatic heterocycles. The Morgan fingerprint density at radius 2 is 1.74 bits per heavy atom. The third-order valence-corrected chi connectivity index (χ3v) is 5.63. The summed E-state index contributed by atoms with van der Waals surface area (Å²) < 4.78 is 3.59. The summed E-state index contributed by atoms with van der Waals surface area (Å²) in [5, 5.41) is 9.04. The normalized spacial score (nSPS) is 11.4. The largest absolute Gasteiger partial charge is 0.295 e. The van der Waals surface area contributed by atoms with E-state index >= 15 is 0 Å². The summed E-state index contributed by atoms with van der Waals surface area (Å²) >= 11 is 0. The van der Waals surface area contributed by atoms with Crippen molar-refractivity contribution in [3.05, 3.63) is 107 Å². The summed E-state index contributed by atoms with van der Waals surface area (Å²) in [7, 11) is 0. The van der Waals surface area contributed by atoms with E-state index in [1.165, 1.54) is 5.56 Å². The number of aromatic nitrogens is 4. The van der Waals surface area contributed by atoms with Crippen molar-refractivity contribution in [3.63, 3.8) is 0 Å². The fraction of sp³-hybridized carbons (Fsp3) is 0.111. The number of imidazole rings is 1. The van der Waals surface area contributed by atoms with E-state index in [0.717, 1.165) is 33.7 Å². The van der Waals surface area contributed by atoms with Gasteiger partial charge in [0.15, 0.2) is 0 Å². The molecule has 168 valence electrons. The minimum atomic E-state index is -0.322. The van der Waals surface area contributed by atoms with Crippen LogP contribution in [0.4, 0.5) is 0 Å². The zero-order valence-electron chi connectivity index (χ0n) is 19.2. The second-order valence-corrected chi connectivity index (χ2v) is 8.26. The Bertz CT molecular complexity index is 1510. The molecule has 0 unspecified atom stereocenters. The molecule has 0 aliphatic rings. The number of pyridine rings is 1. The van der Waals surface area contributed by atoms with Gasteiger partial charge in [0.25, 0.3) is 5.91 Å². The van der Waals surface area contributed by atoms with Gasteiger partial charge >= 0.3 is 0 Å². The Hall–Kier alpha value is -4.52. The number of carbonyl (C=O) groups is 1. The number of para-hydroxylation sites is 1. The van der Waals surface area contributed by atoms with Gasteiger partial charge in [-0.2, -0.15) is 10.2 Å². The Morgan fingerprint density at radius 1 is 0.971 bits per heavy atom. The fourth-order valence-corrected chi connectivity index (χ4v) is 3.88. The van der Waals surface area contributed by atoms with Crippen LogP contribution in [0.5, 0.6) is 0 Å². The number of aryl methyl sites for hydroxylation is 3. The van der Waals surface area contributed by atoms with Gasteiger partial charge in [0, 0.05) is 23.5 Å². The molecule has 0 saturated carbocycles. The molecule has 34 heavy (non-hydrogen) atoms. The van der Waals surface area contributed by atoms with Gasteiger partial charge in [-0.05, 0) is 50.6 Å². The Balaban J connectivity index is 1.46. The van der Waals surface area contributed by atoms with Crippen molar-refractivity contribution in [2.45, 2.75) is 20.8 Å². The quantitative estimate of drug-likeness (QED) is 0.308. The number of nitrogens with one attached hydrogen (secondary N) is 1. The van der Waals surface area contributed by atoms with Gasteiger partial charge in [0.05, 0.1) is 17.6 Å². The van der Waals surface area contributed by atoms with E-state index in [2.05, 4.69) is 27.6 Å². The molecular weight excluding hydrogens is 424 g/mol. The lowest BCUT2D eigenvalue weighted by Crippen LogP contribution is -2.20. The summed E-state index contributed by atoms with van der Waals surface area (Å²) in [4.78, 5) is 17.4. The van der Waals surface area contributed by atoms with E-state index in [1.807, 2.05) is 92.4 Å². The van der Waals surface area contributed by atoms with Crippen LogP contribution in [0.2, 0.25) is 0 Å². The van der Waals surface area contributed by atoms with Gasteiger partial charge in [-0.25, -0.2) is 15.1 Å². The highest BCUT2D eigenvalue weighted by Gasteiger charge is 2.16. The summed E-state index contributed by atoms with van der Waals surface area (Å²) in [6.07, 6.45) is 5.38. The zero-order valence-corrected chi connectivity index (χ0v) is 19.2. The van der Waals surface area contributed by atoms with Crippen molar-refractivity contribution < 1.29 is 4.79 Å². The molecule has 1 amide bonds. The maximum Gasteiger partial charge on any atom is 0.290 e. The molecule has 1 N–H and O–H groups in total.